The first kappa shape index (κ1) is 13.9. The molecular formula is C13H23N3O. The largest absolute Gasteiger partial charge is 0.378 e. The molecule has 0 amide bonds. The quantitative estimate of drug-likeness (QED) is 0.755. The molecule has 0 aliphatic rings. The maximum atomic E-state index is 5.13. The first-order valence-corrected chi connectivity index (χ1v) is 6.39. The molecule has 1 aromatic rings. The molecule has 17 heavy (non-hydrogen) atoms. The normalized spacial score (nSPS) is 10.5. The molecule has 1 aromatic heterocycles. The summed E-state index contributed by atoms with van der Waals surface area (Å²) < 4.78 is 5.13. The van der Waals surface area contributed by atoms with Gasteiger partial charge < -0.3 is 10.1 Å². The van der Waals surface area contributed by atoms with Crippen molar-refractivity contribution in [3.05, 3.63) is 17.6 Å². The Bertz CT molecular complexity index is 302. The number of rotatable bonds is 8. The second-order valence-corrected chi connectivity index (χ2v) is 4.12. The molecule has 0 aromatic carbocycles. The van der Waals surface area contributed by atoms with Crippen LogP contribution in [-0.4, -0.2) is 23.6 Å². The third-order valence-corrected chi connectivity index (χ3v) is 2.43. The van der Waals surface area contributed by atoms with E-state index >= 15 is 0 Å². The van der Waals surface area contributed by atoms with E-state index in [0.717, 1.165) is 49.6 Å². The second kappa shape index (κ2) is 8.01. The Morgan fingerprint density at radius 1 is 1.24 bits per heavy atom. The minimum absolute atomic E-state index is 0.544. The number of anilines is 1. The van der Waals surface area contributed by atoms with Crippen molar-refractivity contribution in [3.8, 4) is 0 Å². The van der Waals surface area contributed by atoms with Gasteiger partial charge in [0, 0.05) is 26.1 Å². The van der Waals surface area contributed by atoms with E-state index in [0.29, 0.717) is 6.61 Å². The van der Waals surface area contributed by atoms with Crippen molar-refractivity contribution in [1.29, 1.82) is 0 Å². The van der Waals surface area contributed by atoms with Crippen LogP contribution in [0.15, 0.2) is 6.07 Å². The Labute approximate surface area is 104 Å². The maximum Gasteiger partial charge on any atom is 0.131 e. The van der Waals surface area contributed by atoms with Gasteiger partial charge >= 0.3 is 0 Å². The van der Waals surface area contributed by atoms with Gasteiger partial charge in [0.05, 0.1) is 12.3 Å². The molecule has 1 rings (SSSR count). The van der Waals surface area contributed by atoms with Crippen molar-refractivity contribution < 1.29 is 4.74 Å². The van der Waals surface area contributed by atoms with Gasteiger partial charge in [0.2, 0.25) is 0 Å². The Morgan fingerprint density at radius 3 is 2.71 bits per heavy atom. The van der Waals surface area contributed by atoms with Crippen LogP contribution in [0.1, 0.15) is 44.6 Å². The Hall–Kier alpha value is -1.16. The molecule has 1 N–H and O–H groups in total. The summed E-state index contributed by atoms with van der Waals surface area (Å²) in [5.74, 6) is 1.83. The van der Waals surface area contributed by atoms with Crippen molar-refractivity contribution >= 4 is 5.82 Å². The van der Waals surface area contributed by atoms with Gasteiger partial charge in [-0.05, 0) is 12.8 Å². The monoisotopic (exact) mass is 237 g/mol. The third kappa shape index (κ3) is 5.13. The number of methoxy groups -OCH3 is 1. The lowest BCUT2D eigenvalue weighted by molar-refractivity contribution is 0.181. The minimum atomic E-state index is 0.544. The van der Waals surface area contributed by atoms with Crippen molar-refractivity contribution in [2.75, 3.05) is 19.0 Å². The molecule has 0 spiro atoms. The van der Waals surface area contributed by atoms with Crippen LogP contribution < -0.4 is 5.32 Å². The second-order valence-electron chi connectivity index (χ2n) is 4.12. The van der Waals surface area contributed by atoms with Crippen LogP contribution in [0.25, 0.3) is 0 Å². The fourth-order valence-electron chi connectivity index (χ4n) is 1.56. The van der Waals surface area contributed by atoms with Gasteiger partial charge in [-0.15, -0.1) is 0 Å². The maximum absolute atomic E-state index is 5.13. The molecule has 0 aliphatic heterocycles. The van der Waals surface area contributed by atoms with Crippen molar-refractivity contribution in [3.63, 3.8) is 0 Å². The summed E-state index contributed by atoms with van der Waals surface area (Å²) in [7, 11) is 1.69. The van der Waals surface area contributed by atoms with E-state index in [1.54, 1.807) is 7.11 Å². The summed E-state index contributed by atoms with van der Waals surface area (Å²) in [6, 6.07) is 1.97. The number of hydrogen-bond acceptors (Lipinski definition) is 4. The highest BCUT2D eigenvalue weighted by Gasteiger charge is 2.04. The fourth-order valence-corrected chi connectivity index (χ4v) is 1.56. The van der Waals surface area contributed by atoms with Gasteiger partial charge in [0.15, 0.2) is 0 Å². The lowest BCUT2D eigenvalue weighted by atomic mass is 10.2. The van der Waals surface area contributed by atoms with Crippen LogP contribution in [0, 0.1) is 0 Å². The molecule has 4 heteroatoms. The van der Waals surface area contributed by atoms with Gasteiger partial charge in [0.1, 0.15) is 11.6 Å². The molecule has 1 heterocycles. The van der Waals surface area contributed by atoms with Gasteiger partial charge in [-0.2, -0.15) is 0 Å². The standard InChI is InChI=1S/C13H23N3O/c1-4-6-7-12-15-11(10-17-3)9-13(16-12)14-8-5-2/h9H,4-8,10H2,1-3H3,(H,14,15,16). The van der Waals surface area contributed by atoms with E-state index < -0.39 is 0 Å². The van der Waals surface area contributed by atoms with Crippen LogP contribution in [0.3, 0.4) is 0 Å². The van der Waals surface area contributed by atoms with E-state index in [4.69, 9.17) is 4.74 Å². The van der Waals surface area contributed by atoms with Crippen LogP contribution in [-0.2, 0) is 17.8 Å². The lowest BCUT2D eigenvalue weighted by Gasteiger charge is -2.09. The van der Waals surface area contributed by atoms with Crippen molar-refractivity contribution in [2.45, 2.75) is 46.1 Å². The average Bonchev–Trinajstić information content (AvgIpc) is 2.34. The fraction of sp³-hybridized carbons (Fsp3) is 0.692. The zero-order valence-electron chi connectivity index (χ0n) is 11.1. The number of unbranched alkanes of at least 4 members (excludes halogenated alkanes) is 1. The smallest absolute Gasteiger partial charge is 0.131 e. The predicted octanol–water partition coefficient (Wildman–Crippen LogP) is 2.79. The van der Waals surface area contributed by atoms with E-state index in [-0.39, 0.29) is 0 Å². The zero-order valence-corrected chi connectivity index (χ0v) is 11.1. The number of aryl methyl sites for hydroxylation is 1. The molecule has 0 aliphatic carbocycles. The average molecular weight is 237 g/mol. The van der Waals surface area contributed by atoms with E-state index in [9.17, 15) is 0 Å². The van der Waals surface area contributed by atoms with Gasteiger partial charge in [-0.1, -0.05) is 20.3 Å². The minimum Gasteiger partial charge on any atom is -0.378 e. The molecular weight excluding hydrogens is 214 g/mol. The summed E-state index contributed by atoms with van der Waals surface area (Å²) >= 11 is 0. The predicted molar refractivity (Wildman–Crippen MR) is 70.1 cm³/mol. The summed E-state index contributed by atoms with van der Waals surface area (Å²) in [4.78, 5) is 9.01. The Kier molecular flexibility index (Phi) is 6.55. The van der Waals surface area contributed by atoms with Crippen LogP contribution in [0.5, 0.6) is 0 Å². The van der Waals surface area contributed by atoms with Crippen LogP contribution in [0.4, 0.5) is 5.82 Å². The molecule has 0 bridgehead atoms. The first-order valence-electron chi connectivity index (χ1n) is 6.39. The van der Waals surface area contributed by atoms with Crippen LogP contribution in [0.2, 0.25) is 0 Å². The number of nitrogens with one attached hydrogen (secondary N) is 1. The third-order valence-electron chi connectivity index (χ3n) is 2.43. The molecule has 0 radical (unpaired) electrons. The van der Waals surface area contributed by atoms with E-state index in [1.165, 1.54) is 0 Å². The summed E-state index contributed by atoms with van der Waals surface area (Å²) in [6.07, 6.45) is 4.32. The molecule has 4 nitrogen and oxygen atoms in total. The molecule has 0 saturated heterocycles. The van der Waals surface area contributed by atoms with Gasteiger partial charge in [-0.3, -0.25) is 0 Å². The van der Waals surface area contributed by atoms with Gasteiger partial charge in [-0.25, -0.2) is 9.97 Å². The Morgan fingerprint density at radius 2 is 2.06 bits per heavy atom. The highest BCUT2D eigenvalue weighted by atomic mass is 16.5. The van der Waals surface area contributed by atoms with Crippen molar-refractivity contribution in [1.82, 2.24) is 9.97 Å². The summed E-state index contributed by atoms with van der Waals surface area (Å²) in [6.45, 7) is 5.80. The van der Waals surface area contributed by atoms with Crippen molar-refractivity contribution in [2.24, 2.45) is 0 Å². The number of aromatic nitrogens is 2. The molecule has 0 unspecified atom stereocenters. The Balaban J connectivity index is 2.76. The number of nitrogens with zero attached hydrogens (tertiary/aromatic N) is 2. The van der Waals surface area contributed by atoms with Gasteiger partial charge in [0.25, 0.3) is 0 Å². The molecule has 0 saturated carbocycles. The summed E-state index contributed by atoms with van der Waals surface area (Å²) in [5.41, 5.74) is 0.951. The molecule has 0 atom stereocenters. The lowest BCUT2D eigenvalue weighted by Crippen LogP contribution is -2.08. The zero-order chi connectivity index (χ0) is 12.5. The van der Waals surface area contributed by atoms with E-state index in [2.05, 4.69) is 29.1 Å². The van der Waals surface area contributed by atoms with Crippen LogP contribution >= 0.6 is 0 Å². The van der Waals surface area contributed by atoms with E-state index in [1.807, 2.05) is 6.07 Å². The molecule has 96 valence electrons. The number of ether oxygens (including phenoxy) is 1. The SMILES string of the molecule is CCCCc1nc(COC)cc(NCCC)n1. The molecule has 0 fully saturated rings. The highest BCUT2D eigenvalue weighted by molar-refractivity contribution is 5.35. The highest BCUT2D eigenvalue weighted by Crippen LogP contribution is 2.10. The first-order chi connectivity index (χ1) is 8.30. The summed E-state index contributed by atoms with van der Waals surface area (Å²) in [5, 5.41) is 3.30. The number of hydrogen-bond donors (Lipinski definition) is 1. The topological polar surface area (TPSA) is 47.0 Å².